The second-order valence-electron chi connectivity index (χ2n) is 6.29. The van der Waals surface area contributed by atoms with Crippen LogP contribution < -0.4 is 5.32 Å². The number of nitrogens with one attached hydrogen (secondary N) is 1. The number of hydrogen-bond donors (Lipinski definition) is 1. The number of thioether (sulfide) groups is 1. The van der Waals surface area contributed by atoms with Crippen LogP contribution in [0.4, 0.5) is 5.69 Å². The maximum atomic E-state index is 12.2. The Hall–Kier alpha value is -1.83. The van der Waals surface area contributed by atoms with Crippen molar-refractivity contribution in [1.29, 1.82) is 0 Å². The Morgan fingerprint density at radius 3 is 2.35 bits per heavy atom. The van der Waals surface area contributed by atoms with Gasteiger partial charge in [0.15, 0.2) is 0 Å². The van der Waals surface area contributed by atoms with Crippen LogP contribution in [-0.2, 0) is 20.6 Å². The summed E-state index contributed by atoms with van der Waals surface area (Å²) >= 11 is 1.52. The molecule has 0 aliphatic rings. The lowest BCUT2D eigenvalue weighted by atomic mass is 10.2. The Bertz CT molecular complexity index is 876. The summed E-state index contributed by atoms with van der Waals surface area (Å²) < 4.78 is 25.6. The van der Waals surface area contributed by atoms with Crippen molar-refractivity contribution < 1.29 is 13.2 Å². The van der Waals surface area contributed by atoms with E-state index in [0.29, 0.717) is 11.4 Å². The van der Waals surface area contributed by atoms with Gasteiger partial charge in [0.1, 0.15) is 0 Å². The fourth-order valence-electron chi connectivity index (χ4n) is 2.24. The summed E-state index contributed by atoms with van der Waals surface area (Å²) in [6.07, 6.45) is 0. The summed E-state index contributed by atoms with van der Waals surface area (Å²) in [6.45, 7) is 3.87. The van der Waals surface area contributed by atoms with Crippen molar-refractivity contribution in [2.45, 2.75) is 24.5 Å². The molecule has 0 saturated carbocycles. The van der Waals surface area contributed by atoms with Gasteiger partial charge in [-0.05, 0) is 37.1 Å². The van der Waals surface area contributed by atoms with Crippen LogP contribution in [0.25, 0.3) is 0 Å². The van der Waals surface area contributed by atoms with Crippen molar-refractivity contribution in [3.05, 3.63) is 59.2 Å². The minimum atomic E-state index is -3.53. The van der Waals surface area contributed by atoms with E-state index in [9.17, 15) is 13.2 Å². The Kier molecular flexibility index (Phi) is 6.86. The Balaban J connectivity index is 1.99. The van der Waals surface area contributed by atoms with Gasteiger partial charge in [-0.15, -0.1) is 11.8 Å². The quantitative estimate of drug-likeness (QED) is 0.784. The van der Waals surface area contributed by atoms with Gasteiger partial charge in [0.2, 0.25) is 15.9 Å². The number of carbonyl (C=O) groups is 1. The van der Waals surface area contributed by atoms with Crippen molar-refractivity contribution in [2.24, 2.45) is 0 Å². The monoisotopic (exact) mass is 392 g/mol. The second-order valence-corrected chi connectivity index (χ2v) is 9.43. The zero-order chi connectivity index (χ0) is 19.3. The molecule has 26 heavy (non-hydrogen) atoms. The summed E-state index contributed by atoms with van der Waals surface area (Å²) in [4.78, 5) is 12.4. The number of amides is 1. The molecule has 1 N–H and O–H groups in total. The maximum absolute atomic E-state index is 12.2. The summed E-state index contributed by atoms with van der Waals surface area (Å²) in [6, 6.07) is 13.0. The lowest BCUT2D eigenvalue weighted by Gasteiger charge is -2.14. The lowest BCUT2D eigenvalue weighted by Crippen LogP contribution is -2.22. The van der Waals surface area contributed by atoms with Crippen LogP contribution in [0.2, 0.25) is 0 Å². The van der Waals surface area contributed by atoms with Gasteiger partial charge in [-0.3, -0.25) is 4.79 Å². The third-order valence-corrected chi connectivity index (χ3v) is 6.70. The first-order chi connectivity index (χ1) is 12.2. The smallest absolute Gasteiger partial charge is 0.242 e. The predicted octanol–water partition coefficient (Wildman–Crippen LogP) is 3.43. The summed E-state index contributed by atoms with van der Waals surface area (Å²) in [7, 11) is -0.569. The average Bonchev–Trinajstić information content (AvgIpc) is 2.58. The number of anilines is 1. The summed E-state index contributed by atoms with van der Waals surface area (Å²) in [5, 5.41) is 2.81. The highest BCUT2D eigenvalue weighted by molar-refractivity contribution is 7.99. The topological polar surface area (TPSA) is 66.5 Å². The third-order valence-electron chi connectivity index (χ3n) is 3.88. The van der Waals surface area contributed by atoms with Gasteiger partial charge < -0.3 is 5.32 Å². The van der Waals surface area contributed by atoms with Crippen LogP contribution in [0, 0.1) is 13.8 Å². The summed E-state index contributed by atoms with van der Waals surface area (Å²) in [5.41, 5.74) is 3.72. The molecule has 0 saturated heterocycles. The van der Waals surface area contributed by atoms with Gasteiger partial charge in [0.05, 0.1) is 10.6 Å². The molecular formula is C19H24N2O3S2. The fourth-order valence-corrected chi connectivity index (χ4v) is 3.96. The van der Waals surface area contributed by atoms with Crippen molar-refractivity contribution in [2.75, 3.05) is 25.2 Å². The highest BCUT2D eigenvalue weighted by Gasteiger charge is 2.18. The predicted molar refractivity (Wildman–Crippen MR) is 108 cm³/mol. The molecule has 0 aliphatic carbocycles. The molecule has 140 valence electrons. The second kappa shape index (κ2) is 8.70. The zero-order valence-electron chi connectivity index (χ0n) is 15.4. The van der Waals surface area contributed by atoms with Crippen molar-refractivity contribution >= 4 is 33.4 Å². The number of benzene rings is 2. The van der Waals surface area contributed by atoms with Crippen LogP contribution in [0.5, 0.6) is 0 Å². The van der Waals surface area contributed by atoms with Crippen molar-refractivity contribution in [1.82, 2.24) is 4.31 Å². The third kappa shape index (κ3) is 5.33. The molecule has 2 aromatic rings. The van der Waals surface area contributed by atoms with E-state index in [4.69, 9.17) is 0 Å². The number of hydrogen-bond acceptors (Lipinski definition) is 4. The molecule has 0 fully saturated rings. The fraction of sp³-hybridized carbons (Fsp3) is 0.316. The molecule has 7 heteroatoms. The standard InChI is InChI=1S/C19H24N2O3S2/c1-14-5-8-16(9-6-14)12-25-13-19(22)20-18-11-17(10-7-15(18)2)26(23,24)21(3)4/h5-11H,12-13H2,1-4H3,(H,20,22). The first-order valence-corrected chi connectivity index (χ1v) is 10.8. The van der Waals surface area contributed by atoms with Gasteiger partial charge in [-0.1, -0.05) is 35.9 Å². The van der Waals surface area contributed by atoms with Crippen LogP contribution in [0.15, 0.2) is 47.4 Å². The average molecular weight is 393 g/mol. The van der Waals surface area contributed by atoms with Gasteiger partial charge in [-0.25, -0.2) is 12.7 Å². The molecule has 2 rings (SSSR count). The molecule has 5 nitrogen and oxygen atoms in total. The molecule has 0 aromatic heterocycles. The van der Waals surface area contributed by atoms with Crippen LogP contribution in [0.3, 0.4) is 0 Å². The molecule has 0 aliphatic heterocycles. The van der Waals surface area contributed by atoms with Crippen molar-refractivity contribution in [3.8, 4) is 0 Å². The van der Waals surface area contributed by atoms with E-state index in [1.54, 1.807) is 12.1 Å². The van der Waals surface area contributed by atoms with Crippen LogP contribution in [0.1, 0.15) is 16.7 Å². The molecular weight excluding hydrogens is 368 g/mol. The number of aryl methyl sites for hydroxylation is 2. The highest BCUT2D eigenvalue weighted by atomic mass is 32.2. The van der Waals surface area contributed by atoms with Gasteiger partial charge in [0.25, 0.3) is 0 Å². The SMILES string of the molecule is Cc1ccc(CSCC(=O)Nc2cc(S(=O)(=O)N(C)C)ccc2C)cc1. The number of rotatable bonds is 7. The number of carbonyl (C=O) groups excluding carboxylic acids is 1. The molecule has 1 amide bonds. The number of nitrogens with zero attached hydrogens (tertiary/aromatic N) is 1. The normalized spacial score (nSPS) is 11.6. The Morgan fingerprint density at radius 2 is 1.73 bits per heavy atom. The van der Waals surface area contributed by atoms with Gasteiger partial charge in [-0.2, -0.15) is 0 Å². The van der Waals surface area contributed by atoms with E-state index >= 15 is 0 Å². The maximum Gasteiger partial charge on any atom is 0.242 e. The van der Waals surface area contributed by atoms with E-state index in [2.05, 4.69) is 29.6 Å². The van der Waals surface area contributed by atoms with Crippen LogP contribution >= 0.6 is 11.8 Å². The van der Waals surface area contributed by atoms with E-state index in [1.807, 2.05) is 13.8 Å². The largest absolute Gasteiger partial charge is 0.325 e. The van der Waals surface area contributed by atoms with Crippen molar-refractivity contribution in [3.63, 3.8) is 0 Å². The minimum absolute atomic E-state index is 0.149. The summed E-state index contributed by atoms with van der Waals surface area (Å²) in [5.74, 6) is 0.907. The van der Waals surface area contributed by atoms with E-state index in [-0.39, 0.29) is 10.8 Å². The first-order valence-electron chi connectivity index (χ1n) is 8.16. The van der Waals surface area contributed by atoms with E-state index in [1.165, 1.54) is 43.1 Å². The van der Waals surface area contributed by atoms with Crippen LogP contribution in [-0.4, -0.2) is 38.5 Å². The molecule has 0 heterocycles. The molecule has 0 bridgehead atoms. The molecule has 0 radical (unpaired) electrons. The van der Waals surface area contributed by atoms with Gasteiger partial charge >= 0.3 is 0 Å². The first kappa shape index (κ1) is 20.5. The highest BCUT2D eigenvalue weighted by Crippen LogP contribution is 2.22. The molecule has 0 unspecified atom stereocenters. The molecule has 0 atom stereocenters. The Morgan fingerprint density at radius 1 is 1.08 bits per heavy atom. The Labute approximate surface area is 159 Å². The van der Waals surface area contributed by atoms with E-state index in [0.717, 1.165) is 15.6 Å². The minimum Gasteiger partial charge on any atom is -0.325 e. The molecule has 2 aromatic carbocycles. The number of sulfonamides is 1. The molecule has 0 spiro atoms. The van der Waals surface area contributed by atoms with E-state index < -0.39 is 10.0 Å². The van der Waals surface area contributed by atoms with Gasteiger partial charge in [0, 0.05) is 25.5 Å². The zero-order valence-corrected chi connectivity index (χ0v) is 17.1. The lowest BCUT2D eigenvalue weighted by molar-refractivity contribution is -0.113.